The molecule has 5 heteroatoms. The standard InChI is InChI=1S/C3H5NO2SSe/c5-3(6)2(1-8)4-7/h2,8H,1H2,(H,5,6). The zero-order chi connectivity index (χ0) is 6.57. The molecular formula is C3H5NO2SSe. The van der Waals surface area contributed by atoms with Crippen LogP contribution in [0.25, 0.3) is 0 Å². The molecule has 0 bridgehead atoms. The van der Waals surface area contributed by atoms with Crippen LogP contribution in [0.2, 0.25) is 5.32 Å². The first kappa shape index (κ1) is 8.01. The van der Waals surface area contributed by atoms with Crippen molar-refractivity contribution in [2.75, 3.05) is 0 Å². The van der Waals surface area contributed by atoms with Crippen molar-refractivity contribution in [3.8, 4) is 0 Å². The van der Waals surface area contributed by atoms with Crippen molar-refractivity contribution < 1.29 is 9.90 Å². The Bertz CT molecular complexity index is 107. The van der Waals surface area contributed by atoms with Crippen molar-refractivity contribution in [2.24, 2.45) is 4.36 Å². The van der Waals surface area contributed by atoms with Crippen molar-refractivity contribution in [1.82, 2.24) is 0 Å². The fourth-order valence-corrected chi connectivity index (χ4v) is 1.06. The summed E-state index contributed by atoms with van der Waals surface area (Å²) < 4.78 is 3.17. The van der Waals surface area contributed by atoms with E-state index >= 15 is 0 Å². The molecule has 8 heavy (non-hydrogen) atoms. The molecule has 0 radical (unpaired) electrons. The van der Waals surface area contributed by atoms with Crippen LogP contribution in [-0.2, 0) is 17.2 Å². The second-order valence-electron chi connectivity index (χ2n) is 1.14. The quantitative estimate of drug-likeness (QED) is 0.621. The number of nitrogens with zero attached hydrogens (tertiary/aromatic N) is 1. The van der Waals surface area contributed by atoms with Gasteiger partial charge in [0.1, 0.15) is 0 Å². The van der Waals surface area contributed by atoms with Crippen LogP contribution in [0.4, 0.5) is 0 Å². The maximum absolute atomic E-state index is 9.99. The number of hydrogen-bond acceptors (Lipinski definition) is 3. The SMILES string of the molecule is O=C(O)C(C[SeH])N=S. The van der Waals surface area contributed by atoms with Gasteiger partial charge in [0.05, 0.1) is 0 Å². The number of carboxylic acid groups (broad SMARTS) is 1. The number of carboxylic acids is 1. The van der Waals surface area contributed by atoms with Crippen LogP contribution in [0, 0.1) is 0 Å². The topological polar surface area (TPSA) is 49.7 Å². The minimum atomic E-state index is -0.958. The third-order valence-electron chi connectivity index (χ3n) is 0.585. The number of hydrogen-bond donors (Lipinski definition) is 1. The fraction of sp³-hybridized carbons (Fsp3) is 0.667. The van der Waals surface area contributed by atoms with Crippen molar-refractivity contribution in [2.45, 2.75) is 11.4 Å². The molecule has 0 heterocycles. The number of aliphatic carboxylic acids is 1. The first-order chi connectivity index (χ1) is 3.72. The van der Waals surface area contributed by atoms with Gasteiger partial charge < -0.3 is 0 Å². The van der Waals surface area contributed by atoms with Crippen LogP contribution in [0.15, 0.2) is 4.36 Å². The molecule has 0 amide bonds. The Hall–Kier alpha value is 0.00948. The summed E-state index contributed by atoms with van der Waals surface area (Å²) in [7, 11) is 0. The first-order valence-corrected chi connectivity index (χ1v) is 3.57. The van der Waals surface area contributed by atoms with Gasteiger partial charge in [0.25, 0.3) is 0 Å². The van der Waals surface area contributed by atoms with E-state index in [4.69, 9.17) is 5.11 Å². The second-order valence-corrected chi connectivity index (χ2v) is 2.12. The van der Waals surface area contributed by atoms with Crippen LogP contribution < -0.4 is 0 Å². The van der Waals surface area contributed by atoms with Crippen LogP contribution in [0.1, 0.15) is 0 Å². The van der Waals surface area contributed by atoms with E-state index in [-0.39, 0.29) is 0 Å². The van der Waals surface area contributed by atoms with Gasteiger partial charge in [-0.15, -0.1) is 0 Å². The first-order valence-electron chi connectivity index (χ1n) is 1.88. The van der Waals surface area contributed by atoms with E-state index in [1.54, 1.807) is 0 Å². The predicted molar refractivity (Wildman–Crippen MR) is 33.2 cm³/mol. The average Bonchev–Trinajstić information content (AvgIpc) is 1.69. The Kier molecular flexibility index (Phi) is 3.95. The van der Waals surface area contributed by atoms with E-state index in [2.05, 4.69) is 32.8 Å². The molecule has 3 nitrogen and oxygen atoms in total. The van der Waals surface area contributed by atoms with Crippen molar-refractivity contribution in [3.05, 3.63) is 0 Å². The molecule has 0 spiro atoms. The van der Waals surface area contributed by atoms with E-state index < -0.39 is 12.0 Å². The Balaban J connectivity index is 3.69. The molecule has 1 atom stereocenters. The van der Waals surface area contributed by atoms with Gasteiger partial charge in [-0.25, -0.2) is 0 Å². The normalized spacial score (nSPS) is 12.6. The summed E-state index contributed by atoms with van der Waals surface area (Å²) in [5, 5.41) is 8.61. The van der Waals surface area contributed by atoms with Crippen LogP contribution in [0.3, 0.4) is 0 Å². The Morgan fingerprint density at radius 3 is 2.50 bits per heavy atom. The summed E-state index contributed by atoms with van der Waals surface area (Å²) in [5.74, 6) is -0.958. The van der Waals surface area contributed by atoms with Crippen LogP contribution >= 0.6 is 0 Å². The Morgan fingerprint density at radius 1 is 2.00 bits per heavy atom. The molecular weight excluding hydrogens is 193 g/mol. The predicted octanol–water partition coefficient (Wildman–Crippen LogP) is -0.511. The van der Waals surface area contributed by atoms with E-state index in [1.165, 1.54) is 0 Å². The molecule has 1 N–H and O–H groups in total. The fourth-order valence-electron chi connectivity index (χ4n) is 0.157. The van der Waals surface area contributed by atoms with Crippen molar-refractivity contribution in [1.29, 1.82) is 0 Å². The molecule has 0 aromatic heterocycles. The van der Waals surface area contributed by atoms with Gasteiger partial charge in [-0.1, -0.05) is 0 Å². The van der Waals surface area contributed by atoms with Crippen LogP contribution in [0.5, 0.6) is 0 Å². The molecule has 0 rings (SSSR count). The zero-order valence-electron chi connectivity index (χ0n) is 3.94. The summed E-state index contributed by atoms with van der Waals surface area (Å²) in [4.78, 5) is 9.99. The van der Waals surface area contributed by atoms with Gasteiger partial charge in [0.15, 0.2) is 0 Å². The van der Waals surface area contributed by atoms with E-state index in [0.29, 0.717) is 5.32 Å². The van der Waals surface area contributed by atoms with Crippen molar-refractivity contribution >= 4 is 34.4 Å². The van der Waals surface area contributed by atoms with E-state index in [1.807, 2.05) is 0 Å². The molecule has 0 aromatic rings. The van der Waals surface area contributed by atoms with Crippen LogP contribution in [-0.4, -0.2) is 33.1 Å². The molecule has 0 aliphatic rings. The Morgan fingerprint density at radius 2 is 2.50 bits per heavy atom. The van der Waals surface area contributed by atoms with Gasteiger partial charge in [0.2, 0.25) is 0 Å². The molecule has 0 saturated carbocycles. The maximum atomic E-state index is 9.99. The Labute approximate surface area is 60.5 Å². The van der Waals surface area contributed by atoms with Gasteiger partial charge in [0, 0.05) is 0 Å². The second kappa shape index (κ2) is 3.95. The summed E-state index contributed by atoms with van der Waals surface area (Å²) in [6, 6.07) is -0.718. The molecule has 46 valence electrons. The third kappa shape index (κ3) is 2.35. The molecule has 0 aliphatic carbocycles. The minimum absolute atomic E-state index is 0.409. The monoisotopic (exact) mass is 199 g/mol. The van der Waals surface area contributed by atoms with Gasteiger partial charge in [-0.2, -0.15) is 0 Å². The van der Waals surface area contributed by atoms with Gasteiger partial charge in [-0.05, 0) is 0 Å². The molecule has 0 saturated heterocycles. The average molecular weight is 198 g/mol. The molecule has 0 fully saturated rings. The van der Waals surface area contributed by atoms with Gasteiger partial charge >= 0.3 is 60.0 Å². The number of carbonyl (C=O) groups is 1. The summed E-state index contributed by atoms with van der Waals surface area (Å²) in [6.45, 7) is 0. The van der Waals surface area contributed by atoms with Gasteiger partial charge in [-0.3, -0.25) is 0 Å². The van der Waals surface area contributed by atoms with E-state index in [0.717, 1.165) is 0 Å². The third-order valence-corrected chi connectivity index (χ3v) is 1.57. The molecule has 0 aliphatic heterocycles. The summed E-state index contributed by atoms with van der Waals surface area (Å²) in [5.41, 5.74) is 0. The zero-order valence-corrected chi connectivity index (χ0v) is 6.64. The summed E-state index contributed by atoms with van der Waals surface area (Å²) in [6.07, 6.45) is 0. The summed E-state index contributed by atoms with van der Waals surface area (Å²) >= 11 is 6.32. The molecule has 0 aromatic carbocycles. The van der Waals surface area contributed by atoms with Crippen molar-refractivity contribution in [3.63, 3.8) is 0 Å². The molecule has 1 unspecified atom stereocenters. The number of rotatable bonds is 3. The van der Waals surface area contributed by atoms with E-state index in [9.17, 15) is 4.79 Å².